The number of carbonyl (C=O) groups excluding carboxylic acids is 3. The Bertz CT molecular complexity index is 612. The van der Waals surface area contributed by atoms with Crippen molar-refractivity contribution in [3.8, 4) is 0 Å². The van der Waals surface area contributed by atoms with E-state index in [2.05, 4.69) is 16.0 Å². The van der Waals surface area contributed by atoms with Gasteiger partial charge in [-0.1, -0.05) is 20.3 Å². The number of carboxylic acids is 2. The molecule has 0 aromatic heterocycles. The smallest absolute Gasteiger partial charge is 0.326 e. The second-order valence-corrected chi connectivity index (χ2v) is 7.36. The minimum atomic E-state index is -1.63. The van der Waals surface area contributed by atoms with E-state index in [0.29, 0.717) is 19.4 Å². The Balaban J connectivity index is 4.81. The van der Waals surface area contributed by atoms with Crippen LogP contribution in [0.15, 0.2) is 0 Å². The first-order valence-electron chi connectivity index (χ1n) is 9.75. The molecule has 172 valence electrons. The monoisotopic (exact) mass is 431 g/mol. The minimum Gasteiger partial charge on any atom is -0.481 e. The van der Waals surface area contributed by atoms with Gasteiger partial charge in [-0.15, -0.1) is 0 Å². The first-order chi connectivity index (χ1) is 14.0. The van der Waals surface area contributed by atoms with E-state index in [0.717, 1.165) is 6.42 Å². The Kier molecular flexibility index (Phi) is 13.0. The number of rotatable bonds is 15. The fourth-order valence-corrected chi connectivity index (χ4v) is 2.53. The topological polar surface area (TPSA) is 214 Å². The number of nitrogens with one attached hydrogen (secondary N) is 3. The zero-order valence-electron chi connectivity index (χ0n) is 17.3. The zero-order valence-corrected chi connectivity index (χ0v) is 17.3. The lowest BCUT2D eigenvalue weighted by molar-refractivity contribution is -0.147. The fourth-order valence-electron chi connectivity index (χ4n) is 2.53. The molecule has 0 bridgehead atoms. The number of carbonyl (C=O) groups is 5. The first-order valence-corrected chi connectivity index (χ1v) is 9.75. The summed E-state index contributed by atoms with van der Waals surface area (Å²) in [4.78, 5) is 58.4. The van der Waals surface area contributed by atoms with Crippen LogP contribution in [0, 0.1) is 5.92 Å². The second-order valence-electron chi connectivity index (χ2n) is 7.36. The van der Waals surface area contributed by atoms with E-state index < -0.39 is 60.8 Å². The normalized spacial score (nSPS) is 13.8. The van der Waals surface area contributed by atoms with Gasteiger partial charge >= 0.3 is 11.9 Å². The van der Waals surface area contributed by atoms with Crippen molar-refractivity contribution >= 4 is 29.7 Å². The largest absolute Gasteiger partial charge is 0.481 e. The number of nitrogens with two attached hydrogens (primary N) is 2. The van der Waals surface area contributed by atoms with E-state index in [-0.39, 0.29) is 12.3 Å². The lowest BCUT2D eigenvalue weighted by Crippen LogP contribution is -2.54. The summed E-state index contributed by atoms with van der Waals surface area (Å²) in [6, 6.07) is -3.51. The molecule has 0 heterocycles. The maximum Gasteiger partial charge on any atom is 0.326 e. The molecular formula is C18H33N5O7. The van der Waals surface area contributed by atoms with Crippen molar-refractivity contribution in [2.75, 3.05) is 13.1 Å². The van der Waals surface area contributed by atoms with Crippen LogP contribution in [0.25, 0.3) is 0 Å². The van der Waals surface area contributed by atoms with Crippen molar-refractivity contribution in [2.24, 2.45) is 17.4 Å². The van der Waals surface area contributed by atoms with Gasteiger partial charge in [0.1, 0.15) is 12.1 Å². The van der Waals surface area contributed by atoms with Gasteiger partial charge in [0.2, 0.25) is 17.7 Å². The quantitative estimate of drug-likeness (QED) is 0.144. The van der Waals surface area contributed by atoms with E-state index >= 15 is 0 Å². The van der Waals surface area contributed by atoms with Crippen LogP contribution in [0.3, 0.4) is 0 Å². The predicted molar refractivity (Wildman–Crippen MR) is 107 cm³/mol. The van der Waals surface area contributed by atoms with E-state index in [1.165, 1.54) is 0 Å². The van der Waals surface area contributed by atoms with Crippen molar-refractivity contribution < 1.29 is 34.2 Å². The molecule has 12 heteroatoms. The van der Waals surface area contributed by atoms with Gasteiger partial charge in [-0.05, 0) is 31.7 Å². The number of hydrogen-bond acceptors (Lipinski definition) is 7. The van der Waals surface area contributed by atoms with Crippen LogP contribution in [0.2, 0.25) is 0 Å². The van der Waals surface area contributed by atoms with E-state index in [9.17, 15) is 24.0 Å². The molecule has 0 radical (unpaired) electrons. The molecule has 0 aliphatic heterocycles. The van der Waals surface area contributed by atoms with Crippen molar-refractivity contribution in [1.29, 1.82) is 0 Å². The Hall–Kier alpha value is -2.73. The summed E-state index contributed by atoms with van der Waals surface area (Å²) in [5, 5.41) is 24.8. The van der Waals surface area contributed by atoms with Crippen LogP contribution in [-0.2, 0) is 24.0 Å². The van der Waals surface area contributed by atoms with Gasteiger partial charge in [-0.25, -0.2) is 4.79 Å². The summed E-state index contributed by atoms with van der Waals surface area (Å²) in [7, 11) is 0. The van der Waals surface area contributed by atoms with Crippen LogP contribution in [-0.4, -0.2) is 71.1 Å². The molecule has 12 nitrogen and oxygen atoms in total. The first kappa shape index (κ1) is 27.3. The van der Waals surface area contributed by atoms with Crippen LogP contribution >= 0.6 is 0 Å². The SMILES string of the molecule is CC(C)CC(NC(=O)CNC(=O)C(N)CCCCN)C(=O)NC(CC(=O)O)C(=O)O. The van der Waals surface area contributed by atoms with E-state index in [1.54, 1.807) is 13.8 Å². The van der Waals surface area contributed by atoms with E-state index in [4.69, 9.17) is 21.7 Å². The molecule has 3 amide bonds. The minimum absolute atomic E-state index is 0.0330. The molecule has 0 saturated carbocycles. The molecule has 0 aliphatic carbocycles. The third-order valence-corrected chi connectivity index (χ3v) is 4.08. The average molecular weight is 431 g/mol. The number of amides is 3. The Morgan fingerprint density at radius 1 is 0.933 bits per heavy atom. The summed E-state index contributed by atoms with van der Waals surface area (Å²) in [5.41, 5.74) is 11.1. The molecule has 0 aromatic rings. The molecule has 0 spiro atoms. The molecule has 0 rings (SSSR count). The standard InChI is InChI=1S/C18H33N5O7/c1-10(2)7-12(17(28)23-13(18(29)30)8-15(25)26)22-14(24)9-21-16(27)11(20)5-3-4-6-19/h10-13H,3-9,19-20H2,1-2H3,(H,21,27)(H,22,24)(H,23,28)(H,25,26)(H,29,30). The molecule has 9 N–H and O–H groups in total. The predicted octanol–water partition coefficient (Wildman–Crippen LogP) is -1.87. The molecular weight excluding hydrogens is 398 g/mol. The van der Waals surface area contributed by atoms with Crippen LogP contribution < -0.4 is 27.4 Å². The highest BCUT2D eigenvalue weighted by Gasteiger charge is 2.28. The maximum absolute atomic E-state index is 12.4. The summed E-state index contributed by atoms with van der Waals surface area (Å²) in [6.07, 6.45) is 1.20. The highest BCUT2D eigenvalue weighted by atomic mass is 16.4. The maximum atomic E-state index is 12.4. The van der Waals surface area contributed by atoms with Crippen LogP contribution in [0.5, 0.6) is 0 Å². The third kappa shape index (κ3) is 12.0. The highest BCUT2D eigenvalue weighted by Crippen LogP contribution is 2.06. The third-order valence-electron chi connectivity index (χ3n) is 4.08. The summed E-state index contributed by atoms with van der Waals surface area (Å²) >= 11 is 0. The van der Waals surface area contributed by atoms with Crippen molar-refractivity contribution in [2.45, 2.75) is 64.1 Å². The molecule has 0 aromatic carbocycles. The van der Waals surface area contributed by atoms with Gasteiger partial charge in [0, 0.05) is 0 Å². The van der Waals surface area contributed by atoms with Gasteiger partial charge in [0.25, 0.3) is 0 Å². The second kappa shape index (κ2) is 14.3. The van der Waals surface area contributed by atoms with E-state index in [1.807, 2.05) is 0 Å². The zero-order chi connectivity index (χ0) is 23.3. The van der Waals surface area contributed by atoms with Crippen molar-refractivity contribution in [3.63, 3.8) is 0 Å². The summed E-state index contributed by atoms with van der Waals surface area (Å²) < 4.78 is 0. The van der Waals surface area contributed by atoms with Gasteiger partial charge in [0.05, 0.1) is 19.0 Å². The highest BCUT2D eigenvalue weighted by molar-refractivity contribution is 5.93. The van der Waals surface area contributed by atoms with Crippen molar-refractivity contribution in [1.82, 2.24) is 16.0 Å². The molecule has 30 heavy (non-hydrogen) atoms. The lowest BCUT2D eigenvalue weighted by Gasteiger charge is -2.22. The summed E-state index contributed by atoms with van der Waals surface area (Å²) in [6.45, 7) is 3.66. The van der Waals surface area contributed by atoms with Crippen LogP contribution in [0.4, 0.5) is 0 Å². The molecule has 3 unspecified atom stereocenters. The fraction of sp³-hybridized carbons (Fsp3) is 0.722. The van der Waals surface area contributed by atoms with Gasteiger partial charge < -0.3 is 37.6 Å². The summed E-state index contributed by atoms with van der Waals surface area (Å²) in [5.74, 6) is -4.93. The number of unbranched alkanes of at least 4 members (excludes halogenated alkanes) is 1. The molecule has 0 aliphatic rings. The average Bonchev–Trinajstić information content (AvgIpc) is 2.64. The van der Waals surface area contributed by atoms with Gasteiger partial charge in [-0.2, -0.15) is 0 Å². The molecule has 0 fully saturated rings. The van der Waals surface area contributed by atoms with Crippen LogP contribution in [0.1, 0.15) is 46.0 Å². The molecule has 0 saturated heterocycles. The lowest BCUT2D eigenvalue weighted by atomic mass is 10.0. The number of hydrogen-bond donors (Lipinski definition) is 7. The number of aliphatic carboxylic acids is 2. The van der Waals surface area contributed by atoms with Gasteiger partial charge in [-0.3, -0.25) is 19.2 Å². The Labute approximate surface area is 175 Å². The van der Waals surface area contributed by atoms with Gasteiger partial charge in [0.15, 0.2) is 0 Å². The number of carboxylic acid groups (broad SMARTS) is 2. The Morgan fingerprint density at radius 3 is 2.07 bits per heavy atom. The Morgan fingerprint density at radius 2 is 1.57 bits per heavy atom. The molecule has 3 atom stereocenters. The van der Waals surface area contributed by atoms with Crippen molar-refractivity contribution in [3.05, 3.63) is 0 Å².